The van der Waals surface area contributed by atoms with Gasteiger partial charge in [-0.3, -0.25) is 4.79 Å². The van der Waals surface area contributed by atoms with E-state index in [1.165, 1.54) is 6.07 Å². The summed E-state index contributed by atoms with van der Waals surface area (Å²) in [6, 6.07) is 33.8. The first-order valence-electron chi connectivity index (χ1n) is 8.72. The minimum atomic E-state index is -2.78. The molecule has 5 heteroatoms. The van der Waals surface area contributed by atoms with Gasteiger partial charge in [-0.1, -0.05) is 109 Å². The van der Waals surface area contributed by atoms with Crippen LogP contribution in [0.4, 0.5) is 0 Å². The summed E-state index contributed by atoms with van der Waals surface area (Å²) in [5.74, 6) is 0. The molecule has 0 saturated carbocycles. The van der Waals surface area contributed by atoms with E-state index < -0.39 is 7.14 Å². The minimum absolute atomic E-state index is 0.169. The molecule has 4 rings (SSSR count). The Morgan fingerprint density at radius 1 is 0.571 bits per heavy atom. The van der Waals surface area contributed by atoms with Crippen LogP contribution in [-0.4, -0.2) is 4.98 Å². The summed E-state index contributed by atoms with van der Waals surface area (Å²) in [4.78, 5) is 12.7. The molecular weight excluding hydrogens is 389 g/mol. The highest BCUT2D eigenvalue weighted by Crippen LogP contribution is 2.41. The molecule has 1 N–H and O–H groups in total. The fraction of sp³-hybridized carbons (Fsp3) is 0. The van der Waals surface area contributed by atoms with E-state index in [0.717, 1.165) is 15.9 Å². The molecule has 0 aliphatic heterocycles. The molecule has 0 saturated heterocycles. The molecule has 28 heavy (non-hydrogen) atoms. The molecule has 140 valence electrons. The zero-order valence-electron chi connectivity index (χ0n) is 15.0. The van der Waals surface area contributed by atoms with Gasteiger partial charge in [0.15, 0.2) is 7.14 Å². The van der Waals surface area contributed by atoms with Crippen molar-refractivity contribution in [3.63, 3.8) is 0 Å². The molecule has 3 nitrogen and oxygen atoms in total. The normalized spacial score (nSPS) is 10.6. The van der Waals surface area contributed by atoms with Crippen molar-refractivity contribution in [1.29, 1.82) is 0 Å². The monoisotopic (exact) mass is 407 g/mol. The Balaban J connectivity index is 0.000000236. The van der Waals surface area contributed by atoms with E-state index in [-0.39, 0.29) is 5.56 Å². The standard InChI is InChI=1S/C18H15OP.C5H4ClNO/c19-20(16-10-4-1-5-11-16,17-12-6-2-7-13-17)18-14-8-3-9-15-18;6-4-2-1-3-5(8)7-4/h1-15H;1-3H,(H,7,8). The molecule has 0 aliphatic carbocycles. The van der Waals surface area contributed by atoms with Gasteiger partial charge in [-0.05, 0) is 6.07 Å². The highest BCUT2D eigenvalue weighted by molar-refractivity contribution is 7.85. The van der Waals surface area contributed by atoms with Crippen LogP contribution < -0.4 is 21.5 Å². The average molecular weight is 408 g/mol. The minimum Gasteiger partial charge on any atom is -0.313 e. The first-order chi connectivity index (χ1) is 13.6. The van der Waals surface area contributed by atoms with E-state index in [1.807, 2.05) is 91.0 Å². The first kappa shape index (κ1) is 19.9. The topological polar surface area (TPSA) is 49.9 Å². The lowest BCUT2D eigenvalue weighted by molar-refractivity contribution is 0.592. The van der Waals surface area contributed by atoms with Crippen LogP contribution in [0.2, 0.25) is 5.15 Å². The quantitative estimate of drug-likeness (QED) is 0.405. The number of benzene rings is 3. The van der Waals surface area contributed by atoms with E-state index in [2.05, 4.69) is 4.98 Å². The number of hydrogen-bond donors (Lipinski definition) is 1. The molecule has 4 aromatic rings. The van der Waals surface area contributed by atoms with E-state index in [9.17, 15) is 9.36 Å². The van der Waals surface area contributed by atoms with Gasteiger partial charge in [0, 0.05) is 22.0 Å². The molecule has 0 spiro atoms. The summed E-state index contributed by atoms with van der Waals surface area (Å²) >= 11 is 5.39. The predicted octanol–water partition coefficient (Wildman–Crippen LogP) is 4.35. The number of nitrogens with one attached hydrogen (secondary N) is 1. The van der Waals surface area contributed by atoms with Crippen molar-refractivity contribution in [1.82, 2.24) is 4.98 Å². The van der Waals surface area contributed by atoms with Gasteiger partial charge >= 0.3 is 0 Å². The van der Waals surface area contributed by atoms with Crippen LogP contribution in [0.25, 0.3) is 0 Å². The zero-order valence-corrected chi connectivity index (χ0v) is 16.7. The summed E-state index contributed by atoms with van der Waals surface area (Å²) in [6.07, 6.45) is 0. The van der Waals surface area contributed by atoms with Gasteiger partial charge in [-0.15, -0.1) is 0 Å². The lowest BCUT2D eigenvalue weighted by Crippen LogP contribution is -2.24. The van der Waals surface area contributed by atoms with Gasteiger partial charge in [0.1, 0.15) is 5.15 Å². The molecule has 3 aromatic carbocycles. The van der Waals surface area contributed by atoms with Crippen molar-refractivity contribution in [3.8, 4) is 0 Å². The number of rotatable bonds is 3. The number of halogens is 1. The Morgan fingerprint density at radius 2 is 0.964 bits per heavy atom. The molecular formula is C23H19ClNO2P. The number of pyridine rings is 1. The second-order valence-corrected chi connectivity index (χ2v) is 9.15. The Morgan fingerprint density at radius 3 is 1.25 bits per heavy atom. The molecule has 0 amide bonds. The number of H-pyrrole nitrogens is 1. The highest BCUT2D eigenvalue weighted by Gasteiger charge is 2.28. The molecule has 0 bridgehead atoms. The fourth-order valence-electron chi connectivity index (χ4n) is 2.78. The third-order valence-corrected chi connectivity index (χ3v) is 7.39. The van der Waals surface area contributed by atoms with Crippen LogP contribution >= 0.6 is 18.7 Å². The number of aromatic amines is 1. The van der Waals surface area contributed by atoms with Crippen LogP contribution in [0.3, 0.4) is 0 Å². The lowest BCUT2D eigenvalue weighted by atomic mass is 10.4. The van der Waals surface area contributed by atoms with Crippen LogP contribution in [0.5, 0.6) is 0 Å². The second kappa shape index (κ2) is 9.36. The smallest absolute Gasteiger partial charge is 0.249 e. The highest BCUT2D eigenvalue weighted by atomic mass is 35.5. The fourth-order valence-corrected chi connectivity index (χ4v) is 5.62. The zero-order chi connectivity index (χ0) is 19.8. The van der Waals surface area contributed by atoms with Crippen molar-refractivity contribution >= 4 is 34.7 Å². The van der Waals surface area contributed by atoms with Gasteiger partial charge < -0.3 is 9.55 Å². The SMILES string of the molecule is O=P(c1ccccc1)(c1ccccc1)c1ccccc1.O=c1cccc(Cl)[nH]1. The molecule has 1 aromatic heterocycles. The van der Waals surface area contributed by atoms with Crippen LogP contribution in [0, 0.1) is 0 Å². The summed E-state index contributed by atoms with van der Waals surface area (Å²) in [6.45, 7) is 0. The van der Waals surface area contributed by atoms with Crippen molar-refractivity contribution in [2.24, 2.45) is 0 Å². The van der Waals surface area contributed by atoms with Crippen LogP contribution in [-0.2, 0) is 4.57 Å². The Hall–Kier alpha value is -2.87. The molecule has 0 atom stereocenters. The lowest BCUT2D eigenvalue weighted by Gasteiger charge is -2.19. The van der Waals surface area contributed by atoms with Crippen molar-refractivity contribution < 1.29 is 4.57 Å². The van der Waals surface area contributed by atoms with Gasteiger partial charge in [0.05, 0.1) is 0 Å². The van der Waals surface area contributed by atoms with Crippen molar-refractivity contribution in [2.75, 3.05) is 0 Å². The summed E-state index contributed by atoms with van der Waals surface area (Å²) in [5, 5.41) is 2.99. The average Bonchev–Trinajstić information content (AvgIpc) is 2.75. The van der Waals surface area contributed by atoms with Crippen LogP contribution in [0.1, 0.15) is 0 Å². The maximum absolute atomic E-state index is 13.8. The van der Waals surface area contributed by atoms with Gasteiger partial charge in [0.25, 0.3) is 0 Å². The maximum Gasteiger partial charge on any atom is 0.249 e. The molecule has 1 heterocycles. The summed E-state index contributed by atoms with van der Waals surface area (Å²) in [7, 11) is -2.78. The van der Waals surface area contributed by atoms with Gasteiger partial charge in [-0.25, -0.2) is 0 Å². The van der Waals surface area contributed by atoms with Gasteiger partial charge in [0.2, 0.25) is 5.56 Å². The Bertz CT molecular complexity index is 1010. The van der Waals surface area contributed by atoms with E-state index >= 15 is 0 Å². The van der Waals surface area contributed by atoms with Gasteiger partial charge in [-0.2, -0.15) is 0 Å². The molecule has 0 fully saturated rings. The predicted molar refractivity (Wildman–Crippen MR) is 118 cm³/mol. The van der Waals surface area contributed by atoms with Crippen molar-refractivity contribution in [3.05, 3.63) is 125 Å². The molecule has 0 unspecified atom stereocenters. The Labute approximate surface area is 169 Å². The third kappa shape index (κ3) is 4.69. The number of aromatic nitrogens is 1. The van der Waals surface area contributed by atoms with E-state index in [1.54, 1.807) is 12.1 Å². The Kier molecular flexibility index (Phi) is 6.65. The molecule has 0 radical (unpaired) electrons. The van der Waals surface area contributed by atoms with E-state index in [0.29, 0.717) is 5.15 Å². The second-order valence-electron chi connectivity index (χ2n) is 5.98. The number of hydrogen-bond acceptors (Lipinski definition) is 2. The molecule has 0 aliphatic rings. The summed E-state index contributed by atoms with van der Waals surface area (Å²) in [5.41, 5.74) is -0.169. The van der Waals surface area contributed by atoms with Crippen molar-refractivity contribution in [2.45, 2.75) is 0 Å². The van der Waals surface area contributed by atoms with E-state index in [4.69, 9.17) is 11.6 Å². The largest absolute Gasteiger partial charge is 0.313 e. The third-order valence-electron chi connectivity index (χ3n) is 4.09. The maximum atomic E-state index is 13.8. The first-order valence-corrected chi connectivity index (χ1v) is 10.8. The van der Waals surface area contributed by atoms with Crippen LogP contribution in [0.15, 0.2) is 114 Å². The summed E-state index contributed by atoms with van der Waals surface area (Å²) < 4.78 is 13.8.